The van der Waals surface area contributed by atoms with Crippen LogP contribution in [-0.2, 0) is 6.54 Å². The van der Waals surface area contributed by atoms with E-state index in [4.69, 9.17) is 10.2 Å². The number of nitrogens with zero attached hydrogens (tertiary/aromatic N) is 2. The summed E-state index contributed by atoms with van der Waals surface area (Å²) in [7, 11) is 1.95. The van der Waals surface area contributed by atoms with Gasteiger partial charge in [-0.3, -0.25) is 0 Å². The third kappa shape index (κ3) is 2.49. The predicted octanol–water partition coefficient (Wildman–Crippen LogP) is 3.81. The van der Waals surface area contributed by atoms with Gasteiger partial charge in [0.2, 0.25) is 0 Å². The summed E-state index contributed by atoms with van der Waals surface area (Å²) in [5.41, 5.74) is 9.13. The summed E-state index contributed by atoms with van der Waals surface area (Å²) in [4.78, 5) is 6.41. The van der Waals surface area contributed by atoms with Gasteiger partial charge in [0.1, 0.15) is 5.52 Å². The standard InChI is InChI=1S/C15H14BrN3O/c1-19(9-10-4-2-5-11(16)8-10)15-18-14-12(17)6-3-7-13(14)20-15/h2-8H,9,17H2,1H3. The summed E-state index contributed by atoms with van der Waals surface area (Å²) < 4.78 is 6.80. The Morgan fingerprint density at radius 1 is 1.25 bits per heavy atom. The van der Waals surface area contributed by atoms with Crippen LogP contribution < -0.4 is 10.6 Å². The van der Waals surface area contributed by atoms with Gasteiger partial charge >= 0.3 is 0 Å². The first-order valence-corrected chi connectivity index (χ1v) is 7.03. The van der Waals surface area contributed by atoms with E-state index in [0.29, 0.717) is 29.3 Å². The number of aromatic nitrogens is 1. The fourth-order valence-corrected chi connectivity index (χ4v) is 2.54. The number of nitrogens with two attached hydrogens (primary N) is 1. The zero-order chi connectivity index (χ0) is 14.1. The highest BCUT2D eigenvalue weighted by molar-refractivity contribution is 9.10. The lowest BCUT2D eigenvalue weighted by Crippen LogP contribution is -2.16. The molecule has 3 aromatic rings. The highest BCUT2D eigenvalue weighted by atomic mass is 79.9. The number of anilines is 2. The molecule has 20 heavy (non-hydrogen) atoms. The molecule has 102 valence electrons. The van der Waals surface area contributed by atoms with E-state index in [-0.39, 0.29) is 0 Å². The number of rotatable bonds is 3. The lowest BCUT2D eigenvalue weighted by atomic mass is 10.2. The summed E-state index contributed by atoms with van der Waals surface area (Å²) in [5, 5.41) is 0. The second kappa shape index (κ2) is 5.17. The van der Waals surface area contributed by atoms with Crippen molar-refractivity contribution in [1.29, 1.82) is 0 Å². The summed E-state index contributed by atoms with van der Waals surface area (Å²) in [6, 6.07) is 14.3. The number of halogens is 1. The van der Waals surface area contributed by atoms with E-state index in [1.807, 2.05) is 42.3 Å². The van der Waals surface area contributed by atoms with Crippen molar-refractivity contribution in [2.45, 2.75) is 6.54 Å². The van der Waals surface area contributed by atoms with Crippen LogP contribution in [0.3, 0.4) is 0 Å². The molecule has 0 aliphatic carbocycles. The van der Waals surface area contributed by atoms with E-state index in [1.165, 1.54) is 5.56 Å². The lowest BCUT2D eigenvalue weighted by molar-refractivity contribution is 0.582. The summed E-state index contributed by atoms with van der Waals surface area (Å²) in [6.45, 7) is 0.714. The molecule has 4 nitrogen and oxygen atoms in total. The maximum Gasteiger partial charge on any atom is 0.298 e. The van der Waals surface area contributed by atoms with Gasteiger partial charge in [-0.2, -0.15) is 4.98 Å². The Morgan fingerprint density at radius 2 is 2.05 bits per heavy atom. The maximum atomic E-state index is 5.89. The van der Waals surface area contributed by atoms with Crippen LogP contribution in [0.5, 0.6) is 0 Å². The van der Waals surface area contributed by atoms with E-state index >= 15 is 0 Å². The Kier molecular flexibility index (Phi) is 3.36. The van der Waals surface area contributed by atoms with Gasteiger partial charge in [-0.05, 0) is 29.8 Å². The van der Waals surface area contributed by atoms with Crippen molar-refractivity contribution in [3.8, 4) is 0 Å². The Morgan fingerprint density at radius 3 is 2.80 bits per heavy atom. The SMILES string of the molecule is CN(Cc1cccc(Br)c1)c1nc2c(N)cccc2o1. The van der Waals surface area contributed by atoms with E-state index in [0.717, 1.165) is 4.47 Å². The third-order valence-corrected chi connectivity index (χ3v) is 3.57. The van der Waals surface area contributed by atoms with Crippen molar-refractivity contribution in [2.75, 3.05) is 17.7 Å². The molecule has 1 heterocycles. The van der Waals surface area contributed by atoms with Gasteiger partial charge in [0.15, 0.2) is 5.58 Å². The largest absolute Gasteiger partial charge is 0.423 e. The van der Waals surface area contributed by atoms with Gasteiger partial charge in [-0.25, -0.2) is 0 Å². The molecule has 2 aromatic carbocycles. The number of benzene rings is 2. The average molecular weight is 332 g/mol. The number of para-hydroxylation sites is 1. The van der Waals surface area contributed by atoms with Crippen molar-refractivity contribution in [2.24, 2.45) is 0 Å². The van der Waals surface area contributed by atoms with E-state index in [9.17, 15) is 0 Å². The molecule has 0 aliphatic rings. The minimum atomic E-state index is 0.567. The molecule has 0 bridgehead atoms. The molecule has 3 rings (SSSR count). The Balaban J connectivity index is 1.89. The topological polar surface area (TPSA) is 55.3 Å². The van der Waals surface area contributed by atoms with Crippen LogP contribution in [0.1, 0.15) is 5.56 Å². The first-order valence-electron chi connectivity index (χ1n) is 6.24. The number of fused-ring (bicyclic) bond motifs is 1. The highest BCUT2D eigenvalue weighted by Gasteiger charge is 2.12. The quantitative estimate of drug-likeness (QED) is 0.741. The summed E-state index contributed by atoms with van der Waals surface area (Å²) >= 11 is 3.47. The molecule has 0 fully saturated rings. The second-order valence-corrected chi connectivity index (χ2v) is 5.59. The number of nitrogen functional groups attached to an aromatic ring is 1. The van der Waals surface area contributed by atoms with Crippen LogP contribution in [-0.4, -0.2) is 12.0 Å². The first kappa shape index (κ1) is 13.0. The Bertz CT molecular complexity index is 754. The van der Waals surface area contributed by atoms with Gasteiger partial charge < -0.3 is 15.1 Å². The van der Waals surface area contributed by atoms with Gasteiger partial charge in [-0.1, -0.05) is 34.1 Å². The maximum absolute atomic E-state index is 5.89. The van der Waals surface area contributed by atoms with Crippen molar-refractivity contribution in [3.63, 3.8) is 0 Å². The minimum Gasteiger partial charge on any atom is -0.423 e. The molecule has 0 aliphatic heterocycles. The molecule has 0 saturated carbocycles. The van der Waals surface area contributed by atoms with Crippen molar-refractivity contribution < 1.29 is 4.42 Å². The van der Waals surface area contributed by atoms with Crippen LogP contribution in [0.25, 0.3) is 11.1 Å². The molecule has 0 saturated heterocycles. The van der Waals surface area contributed by atoms with Crippen molar-refractivity contribution >= 4 is 38.7 Å². The van der Waals surface area contributed by atoms with Crippen LogP contribution in [0.4, 0.5) is 11.7 Å². The van der Waals surface area contributed by atoms with E-state index < -0.39 is 0 Å². The van der Waals surface area contributed by atoms with Crippen LogP contribution in [0.2, 0.25) is 0 Å². The molecule has 2 N–H and O–H groups in total. The zero-order valence-electron chi connectivity index (χ0n) is 11.0. The Hall–Kier alpha value is -2.01. The molecule has 1 aromatic heterocycles. The molecule has 5 heteroatoms. The number of oxazole rings is 1. The minimum absolute atomic E-state index is 0.567. The van der Waals surface area contributed by atoms with E-state index in [1.54, 1.807) is 0 Å². The van der Waals surface area contributed by atoms with E-state index in [2.05, 4.69) is 33.0 Å². The molecule has 0 spiro atoms. The summed E-state index contributed by atoms with van der Waals surface area (Å²) in [6.07, 6.45) is 0. The molecule has 0 radical (unpaired) electrons. The zero-order valence-corrected chi connectivity index (χ0v) is 12.6. The van der Waals surface area contributed by atoms with Crippen LogP contribution in [0, 0.1) is 0 Å². The first-order chi connectivity index (χ1) is 9.63. The molecule has 0 atom stereocenters. The molecular weight excluding hydrogens is 318 g/mol. The average Bonchev–Trinajstić information content (AvgIpc) is 2.84. The van der Waals surface area contributed by atoms with Crippen LogP contribution in [0.15, 0.2) is 51.4 Å². The van der Waals surface area contributed by atoms with Gasteiger partial charge in [0.25, 0.3) is 6.01 Å². The molecule has 0 amide bonds. The number of hydrogen-bond acceptors (Lipinski definition) is 4. The normalized spacial score (nSPS) is 10.9. The molecule has 0 unspecified atom stereocenters. The van der Waals surface area contributed by atoms with Crippen molar-refractivity contribution in [3.05, 3.63) is 52.5 Å². The van der Waals surface area contributed by atoms with Gasteiger partial charge in [0.05, 0.1) is 5.69 Å². The van der Waals surface area contributed by atoms with Gasteiger partial charge in [-0.15, -0.1) is 0 Å². The monoisotopic (exact) mass is 331 g/mol. The second-order valence-electron chi connectivity index (χ2n) is 4.68. The van der Waals surface area contributed by atoms with Gasteiger partial charge in [0, 0.05) is 18.1 Å². The smallest absolute Gasteiger partial charge is 0.298 e. The summed E-state index contributed by atoms with van der Waals surface area (Å²) in [5.74, 6) is 0. The fourth-order valence-electron chi connectivity index (χ4n) is 2.10. The van der Waals surface area contributed by atoms with Crippen LogP contribution >= 0.6 is 15.9 Å². The molecular formula is C15H14BrN3O. The number of hydrogen-bond donors (Lipinski definition) is 1. The third-order valence-electron chi connectivity index (χ3n) is 3.07. The Labute approximate surface area is 125 Å². The fraction of sp³-hybridized carbons (Fsp3) is 0.133. The highest BCUT2D eigenvalue weighted by Crippen LogP contribution is 2.26. The predicted molar refractivity (Wildman–Crippen MR) is 84.7 cm³/mol. The van der Waals surface area contributed by atoms with Crippen molar-refractivity contribution in [1.82, 2.24) is 4.98 Å². The lowest BCUT2D eigenvalue weighted by Gasteiger charge is -2.14.